The molecule has 1 aliphatic heterocycles. The van der Waals surface area contributed by atoms with Crippen LogP contribution in [0.5, 0.6) is 0 Å². The molecule has 4 nitrogen and oxygen atoms in total. The molecule has 2 atom stereocenters. The Balaban J connectivity index is 2.10. The van der Waals surface area contributed by atoms with E-state index in [9.17, 15) is 9.90 Å². The molecule has 92 valence electrons. The molecule has 0 spiro atoms. The summed E-state index contributed by atoms with van der Waals surface area (Å²) in [5.74, 6) is -0.651. The molecule has 0 aromatic heterocycles. The van der Waals surface area contributed by atoms with E-state index in [1.165, 1.54) is 0 Å². The average Bonchev–Trinajstić information content (AvgIpc) is 2.33. The summed E-state index contributed by atoms with van der Waals surface area (Å²) in [5.41, 5.74) is 1.33. The van der Waals surface area contributed by atoms with Crippen LogP contribution in [-0.4, -0.2) is 35.4 Å². The summed E-state index contributed by atoms with van der Waals surface area (Å²) in [5, 5.41) is 18.5. The molecule has 2 rings (SSSR count). The lowest BCUT2D eigenvalue weighted by molar-refractivity contribution is 0.0697. The predicted molar refractivity (Wildman–Crippen MR) is 65.4 cm³/mol. The van der Waals surface area contributed by atoms with Gasteiger partial charge in [0.2, 0.25) is 0 Å². The van der Waals surface area contributed by atoms with E-state index in [1.807, 2.05) is 19.1 Å². The van der Waals surface area contributed by atoms with Gasteiger partial charge in [0.05, 0.1) is 11.7 Å². The van der Waals surface area contributed by atoms with Crippen LogP contribution in [0.3, 0.4) is 0 Å². The van der Waals surface area contributed by atoms with Crippen molar-refractivity contribution in [3.63, 3.8) is 0 Å². The van der Waals surface area contributed by atoms with Gasteiger partial charge in [0.15, 0.2) is 0 Å². The van der Waals surface area contributed by atoms with Gasteiger partial charge in [0.1, 0.15) is 0 Å². The molecule has 1 aromatic carbocycles. The number of carboxylic acids is 1. The summed E-state index contributed by atoms with van der Waals surface area (Å²) in [4.78, 5) is 12.9. The Bertz CT molecular complexity index is 402. The van der Waals surface area contributed by atoms with E-state index in [0.29, 0.717) is 5.56 Å². The zero-order valence-electron chi connectivity index (χ0n) is 9.84. The minimum atomic E-state index is -0.904. The Kier molecular flexibility index (Phi) is 3.33. The van der Waals surface area contributed by atoms with E-state index in [2.05, 4.69) is 4.90 Å². The third kappa shape index (κ3) is 2.58. The SMILES string of the molecule is CC1CN(c2ccc(C(=O)O)cc2)CCC1O. The van der Waals surface area contributed by atoms with Crippen LogP contribution in [0, 0.1) is 5.92 Å². The lowest BCUT2D eigenvalue weighted by Crippen LogP contribution is -2.41. The normalized spacial score (nSPS) is 24.7. The van der Waals surface area contributed by atoms with Crippen molar-refractivity contribution in [2.75, 3.05) is 18.0 Å². The number of aliphatic hydroxyl groups is 1. The van der Waals surface area contributed by atoms with Gasteiger partial charge in [-0.25, -0.2) is 4.79 Å². The number of carboxylic acid groups (broad SMARTS) is 1. The fraction of sp³-hybridized carbons (Fsp3) is 0.462. The number of hydrogen-bond acceptors (Lipinski definition) is 3. The summed E-state index contributed by atoms with van der Waals surface area (Å²) in [6, 6.07) is 6.89. The maximum absolute atomic E-state index is 10.7. The quantitative estimate of drug-likeness (QED) is 0.817. The molecule has 1 saturated heterocycles. The molecule has 17 heavy (non-hydrogen) atoms. The Morgan fingerprint density at radius 3 is 2.53 bits per heavy atom. The Morgan fingerprint density at radius 2 is 2.00 bits per heavy atom. The zero-order chi connectivity index (χ0) is 12.4. The Hall–Kier alpha value is -1.55. The Morgan fingerprint density at radius 1 is 1.35 bits per heavy atom. The Labute approximate surface area is 100 Å². The van der Waals surface area contributed by atoms with E-state index < -0.39 is 5.97 Å². The van der Waals surface area contributed by atoms with E-state index in [4.69, 9.17) is 5.11 Å². The van der Waals surface area contributed by atoms with Crippen LogP contribution in [0.25, 0.3) is 0 Å². The van der Waals surface area contributed by atoms with E-state index >= 15 is 0 Å². The molecule has 1 aromatic rings. The zero-order valence-corrected chi connectivity index (χ0v) is 9.84. The van der Waals surface area contributed by atoms with Crippen molar-refractivity contribution in [3.8, 4) is 0 Å². The van der Waals surface area contributed by atoms with Crippen molar-refractivity contribution in [2.45, 2.75) is 19.4 Å². The van der Waals surface area contributed by atoms with Crippen molar-refractivity contribution >= 4 is 11.7 Å². The van der Waals surface area contributed by atoms with Crippen LogP contribution in [-0.2, 0) is 0 Å². The molecule has 1 aliphatic rings. The molecule has 4 heteroatoms. The van der Waals surface area contributed by atoms with Gasteiger partial charge in [0.25, 0.3) is 0 Å². The standard InChI is InChI=1S/C13H17NO3/c1-9-8-14(7-6-12(9)15)11-4-2-10(3-5-11)13(16)17/h2-5,9,12,15H,6-8H2,1H3,(H,16,17). The number of nitrogens with zero attached hydrogens (tertiary/aromatic N) is 1. The molecule has 0 saturated carbocycles. The minimum absolute atomic E-state index is 0.218. The second-order valence-corrected chi connectivity index (χ2v) is 4.63. The van der Waals surface area contributed by atoms with Crippen LogP contribution in [0.2, 0.25) is 0 Å². The maximum Gasteiger partial charge on any atom is 0.335 e. The molecule has 0 amide bonds. The molecule has 0 bridgehead atoms. The summed E-state index contributed by atoms with van der Waals surface area (Å²) < 4.78 is 0. The first-order valence-electron chi connectivity index (χ1n) is 5.84. The third-order valence-electron chi connectivity index (χ3n) is 3.34. The highest BCUT2D eigenvalue weighted by Gasteiger charge is 2.24. The van der Waals surface area contributed by atoms with Crippen LogP contribution >= 0.6 is 0 Å². The third-order valence-corrected chi connectivity index (χ3v) is 3.34. The van der Waals surface area contributed by atoms with Crippen LogP contribution < -0.4 is 4.90 Å². The second kappa shape index (κ2) is 4.75. The van der Waals surface area contributed by atoms with Gasteiger partial charge in [-0.05, 0) is 36.6 Å². The smallest absolute Gasteiger partial charge is 0.335 e. The van der Waals surface area contributed by atoms with Crippen molar-refractivity contribution in [2.24, 2.45) is 5.92 Å². The summed E-state index contributed by atoms with van der Waals surface area (Å²) in [7, 11) is 0. The van der Waals surface area contributed by atoms with Crippen LogP contribution in [0.1, 0.15) is 23.7 Å². The van der Waals surface area contributed by atoms with Crippen molar-refractivity contribution in [3.05, 3.63) is 29.8 Å². The largest absolute Gasteiger partial charge is 0.478 e. The van der Waals surface area contributed by atoms with Crippen molar-refractivity contribution in [1.29, 1.82) is 0 Å². The minimum Gasteiger partial charge on any atom is -0.478 e. The molecular formula is C13H17NO3. The van der Waals surface area contributed by atoms with Gasteiger partial charge < -0.3 is 15.1 Å². The van der Waals surface area contributed by atoms with Crippen LogP contribution in [0.15, 0.2) is 24.3 Å². The highest BCUT2D eigenvalue weighted by Crippen LogP contribution is 2.23. The molecule has 2 N–H and O–H groups in total. The number of anilines is 1. The fourth-order valence-electron chi connectivity index (χ4n) is 2.18. The van der Waals surface area contributed by atoms with Gasteiger partial charge in [0, 0.05) is 18.8 Å². The van der Waals surface area contributed by atoms with Gasteiger partial charge in [-0.2, -0.15) is 0 Å². The number of rotatable bonds is 2. The monoisotopic (exact) mass is 235 g/mol. The summed E-state index contributed by atoms with van der Waals surface area (Å²) >= 11 is 0. The first-order valence-corrected chi connectivity index (χ1v) is 5.84. The summed E-state index contributed by atoms with van der Waals surface area (Å²) in [6.45, 7) is 3.66. The van der Waals surface area contributed by atoms with Gasteiger partial charge in [-0.1, -0.05) is 6.92 Å². The molecular weight excluding hydrogens is 218 g/mol. The van der Waals surface area contributed by atoms with Crippen LogP contribution in [0.4, 0.5) is 5.69 Å². The lowest BCUT2D eigenvalue weighted by atomic mass is 9.96. The van der Waals surface area contributed by atoms with E-state index in [1.54, 1.807) is 12.1 Å². The molecule has 1 heterocycles. The second-order valence-electron chi connectivity index (χ2n) is 4.63. The van der Waals surface area contributed by atoms with Crippen molar-refractivity contribution < 1.29 is 15.0 Å². The highest BCUT2D eigenvalue weighted by atomic mass is 16.4. The number of hydrogen-bond donors (Lipinski definition) is 2. The highest BCUT2D eigenvalue weighted by molar-refractivity contribution is 5.88. The topological polar surface area (TPSA) is 60.8 Å². The first-order chi connectivity index (χ1) is 8.08. The first kappa shape index (κ1) is 11.9. The number of aromatic carboxylic acids is 1. The number of carbonyl (C=O) groups is 1. The van der Waals surface area contributed by atoms with E-state index in [-0.39, 0.29) is 12.0 Å². The fourth-order valence-corrected chi connectivity index (χ4v) is 2.18. The molecule has 0 radical (unpaired) electrons. The number of benzene rings is 1. The van der Waals surface area contributed by atoms with Gasteiger partial charge in [-0.3, -0.25) is 0 Å². The average molecular weight is 235 g/mol. The molecule has 1 fully saturated rings. The molecule has 2 unspecified atom stereocenters. The number of piperidine rings is 1. The van der Waals surface area contributed by atoms with Gasteiger partial charge >= 0.3 is 5.97 Å². The van der Waals surface area contributed by atoms with E-state index in [0.717, 1.165) is 25.2 Å². The van der Waals surface area contributed by atoms with Crippen molar-refractivity contribution in [1.82, 2.24) is 0 Å². The van der Waals surface area contributed by atoms with Gasteiger partial charge in [-0.15, -0.1) is 0 Å². The summed E-state index contributed by atoms with van der Waals surface area (Å²) in [6.07, 6.45) is 0.548. The number of aliphatic hydroxyl groups excluding tert-OH is 1. The maximum atomic E-state index is 10.7. The lowest BCUT2D eigenvalue weighted by Gasteiger charge is -2.36. The predicted octanol–water partition coefficient (Wildman–Crippen LogP) is 1.59. The molecule has 0 aliphatic carbocycles.